The number of pyridine rings is 1. The molecule has 0 spiro atoms. The van der Waals surface area contributed by atoms with Crippen molar-refractivity contribution >= 4 is 33.4 Å². The Morgan fingerprint density at radius 3 is 2.59 bits per heavy atom. The number of carbonyl (C=O) groups excluding carboxylic acids is 2. The van der Waals surface area contributed by atoms with Crippen LogP contribution in [0.25, 0.3) is 0 Å². The number of rotatable bonds is 5. The summed E-state index contributed by atoms with van der Waals surface area (Å²) >= 11 is 3.43. The lowest BCUT2D eigenvalue weighted by atomic mass is 10.0. The molecular weight excluding hydrogens is 430 g/mol. The summed E-state index contributed by atoms with van der Waals surface area (Å²) in [6.07, 6.45) is 1.91. The fourth-order valence-corrected chi connectivity index (χ4v) is 3.94. The summed E-state index contributed by atoms with van der Waals surface area (Å²) in [5.74, 6) is -0.593. The minimum atomic E-state index is -0.406. The van der Waals surface area contributed by atoms with Crippen LogP contribution in [0.5, 0.6) is 0 Å². The van der Waals surface area contributed by atoms with Crippen LogP contribution in [0.4, 0.5) is 5.69 Å². The molecule has 1 aromatic heterocycles. The van der Waals surface area contributed by atoms with Gasteiger partial charge < -0.3 is 10.2 Å². The second-order valence-corrected chi connectivity index (χ2v) is 7.91. The van der Waals surface area contributed by atoms with Crippen molar-refractivity contribution in [1.82, 2.24) is 10.3 Å². The lowest BCUT2D eigenvalue weighted by molar-refractivity contribution is -0.126. The fraction of sp³-hybridized carbons (Fsp3) is 0.174. The van der Waals surface area contributed by atoms with Crippen molar-refractivity contribution in [2.24, 2.45) is 5.92 Å². The maximum absolute atomic E-state index is 13.1. The van der Waals surface area contributed by atoms with Crippen LogP contribution < -0.4 is 10.2 Å². The van der Waals surface area contributed by atoms with Crippen molar-refractivity contribution in [2.75, 3.05) is 11.4 Å². The lowest BCUT2D eigenvalue weighted by Crippen LogP contribution is -2.36. The standard InChI is InChI=1S/C23H20BrN3O2/c24-18-9-6-10-19(14-18)27-15-17(13-21(27)28)23(29)26-22(16-7-2-1-3-8-16)20-11-4-5-12-25-20/h1-12,14,17,22H,13,15H2,(H,26,29). The minimum absolute atomic E-state index is 0.0441. The zero-order chi connectivity index (χ0) is 20.2. The summed E-state index contributed by atoms with van der Waals surface area (Å²) in [6.45, 7) is 0.366. The smallest absolute Gasteiger partial charge is 0.227 e. The van der Waals surface area contributed by atoms with Gasteiger partial charge >= 0.3 is 0 Å². The Kier molecular flexibility index (Phi) is 5.71. The number of halogens is 1. The fourth-order valence-electron chi connectivity index (χ4n) is 3.56. The summed E-state index contributed by atoms with van der Waals surface area (Å²) in [4.78, 5) is 31.7. The number of nitrogens with one attached hydrogen (secondary N) is 1. The molecule has 0 aliphatic carbocycles. The predicted molar refractivity (Wildman–Crippen MR) is 115 cm³/mol. The zero-order valence-corrected chi connectivity index (χ0v) is 17.2. The molecule has 0 bridgehead atoms. The minimum Gasteiger partial charge on any atom is -0.343 e. The van der Waals surface area contributed by atoms with E-state index >= 15 is 0 Å². The number of nitrogens with zero attached hydrogens (tertiary/aromatic N) is 2. The van der Waals surface area contributed by atoms with Crippen molar-refractivity contribution in [1.29, 1.82) is 0 Å². The number of carbonyl (C=O) groups is 2. The van der Waals surface area contributed by atoms with Crippen molar-refractivity contribution in [3.05, 3.63) is 94.7 Å². The average Bonchev–Trinajstić information content (AvgIpc) is 3.15. The van der Waals surface area contributed by atoms with Gasteiger partial charge in [-0.2, -0.15) is 0 Å². The molecule has 0 radical (unpaired) electrons. The molecule has 146 valence electrons. The predicted octanol–water partition coefficient (Wildman–Crippen LogP) is 4.10. The third-order valence-electron chi connectivity index (χ3n) is 5.02. The highest BCUT2D eigenvalue weighted by atomic mass is 79.9. The van der Waals surface area contributed by atoms with Gasteiger partial charge in [0.25, 0.3) is 0 Å². The molecule has 2 unspecified atom stereocenters. The molecule has 2 heterocycles. The van der Waals surface area contributed by atoms with Crippen LogP contribution in [-0.4, -0.2) is 23.3 Å². The molecule has 2 aromatic carbocycles. The number of benzene rings is 2. The molecule has 2 amide bonds. The van der Waals surface area contributed by atoms with E-state index in [0.29, 0.717) is 6.54 Å². The van der Waals surface area contributed by atoms with E-state index in [1.807, 2.05) is 72.8 Å². The first kappa shape index (κ1) is 19.3. The molecule has 1 aliphatic heterocycles. The maximum atomic E-state index is 13.1. The highest BCUT2D eigenvalue weighted by molar-refractivity contribution is 9.10. The van der Waals surface area contributed by atoms with Gasteiger partial charge in [0.05, 0.1) is 17.7 Å². The van der Waals surface area contributed by atoms with E-state index in [-0.39, 0.29) is 24.3 Å². The first-order valence-corrected chi connectivity index (χ1v) is 10.2. The van der Waals surface area contributed by atoms with Crippen LogP contribution in [0, 0.1) is 5.92 Å². The normalized spacial score (nSPS) is 17.2. The van der Waals surface area contributed by atoms with E-state index in [0.717, 1.165) is 21.4 Å². The Bertz CT molecular complexity index is 971. The van der Waals surface area contributed by atoms with Gasteiger partial charge in [0.1, 0.15) is 0 Å². The van der Waals surface area contributed by atoms with Crippen LogP contribution in [-0.2, 0) is 9.59 Å². The van der Waals surface area contributed by atoms with Gasteiger partial charge in [0.15, 0.2) is 0 Å². The maximum Gasteiger partial charge on any atom is 0.227 e. The highest BCUT2D eigenvalue weighted by Crippen LogP contribution is 2.28. The molecule has 1 N–H and O–H groups in total. The zero-order valence-electron chi connectivity index (χ0n) is 15.7. The first-order chi connectivity index (χ1) is 14.1. The van der Waals surface area contributed by atoms with Crippen molar-refractivity contribution < 1.29 is 9.59 Å². The van der Waals surface area contributed by atoms with Crippen molar-refractivity contribution in [3.8, 4) is 0 Å². The second kappa shape index (κ2) is 8.57. The summed E-state index contributed by atoms with van der Waals surface area (Å²) in [5, 5.41) is 3.11. The summed E-state index contributed by atoms with van der Waals surface area (Å²) < 4.78 is 0.898. The largest absolute Gasteiger partial charge is 0.343 e. The van der Waals surface area contributed by atoms with E-state index in [2.05, 4.69) is 26.2 Å². The van der Waals surface area contributed by atoms with Gasteiger partial charge in [-0.15, -0.1) is 0 Å². The quantitative estimate of drug-likeness (QED) is 0.637. The van der Waals surface area contributed by atoms with Crippen LogP contribution in [0.1, 0.15) is 23.7 Å². The van der Waals surface area contributed by atoms with Crippen LogP contribution >= 0.6 is 15.9 Å². The lowest BCUT2D eigenvalue weighted by Gasteiger charge is -2.21. The van der Waals surface area contributed by atoms with Gasteiger partial charge in [-0.1, -0.05) is 58.4 Å². The topological polar surface area (TPSA) is 62.3 Å². The van der Waals surface area contributed by atoms with Crippen LogP contribution in [0.3, 0.4) is 0 Å². The Morgan fingerprint density at radius 2 is 1.86 bits per heavy atom. The van der Waals surface area contributed by atoms with E-state index in [1.165, 1.54) is 0 Å². The van der Waals surface area contributed by atoms with E-state index in [9.17, 15) is 9.59 Å². The molecule has 4 rings (SSSR count). The molecule has 1 fully saturated rings. The number of anilines is 1. The summed E-state index contributed by atoms with van der Waals surface area (Å²) in [7, 11) is 0. The molecule has 29 heavy (non-hydrogen) atoms. The number of hydrogen-bond acceptors (Lipinski definition) is 3. The molecule has 1 saturated heterocycles. The second-order valence-electron chi connectivity index (χ2n) is 6.99. The first-order valence-electron chi connectivity index (χ1n) is 9.44. The highest BCUT2D eigenvalue weighted by Gasteiger charge is 2.36. The number of hydrogen-bond donors (Lipinski definition) is 1. The number of amides is 2. The Morgan fingerprint density at radius 1 is 1.07 bits per heavy atom. The molecule has 5 nitrogen and oxygen atoms in total. The Balaban J connectivity index is 1.53. The third kappa shape index (κ3) is 4.38. The molecular formula is C23H20BrN3O2. The van der Waals surface area contributed by atoms with Gasteiger partial charge in [-0.25, -0.2) is 0 Å². The van der Waals surface area contributed by atoms with Gasteiger partial charge in [-0.3, -0.25) is 14.6 Å². The van der Waals surface area contributed by atoms with E-state index < -0.39 is 5.92 Å². The Hall–Kier alpha value is -2.99. The van der Waals surface area contributed by atoms with Gasteiger partial charge in [-0.05, 0) is 35.9 Å². The molecule has 6 heteroatoms. The average molecular weight is 450 g/mol. The molecule has 0 saturated carbocycles. The van der Waals surface area contributed by atoms with Gasteiger partial charge in [0.2, 0.25) is 11.8 Å². The SMILES string of the molecule is O=C(NC(c1ccccc1)c1ccccn1)C1CC(=O)N(c2cccc(Br)c2)C1. The Labute approximate surface area is 177 Å². The van der Waals surface area contributed by atoms with Crippen LogP contribution in [0.2, 0.25) is 0 Å². The van der Waals surface area contributed by atoms with Gasteiger partial charge in [0, 0.05) is 29.3 Å². The van der Waals surface area contributed by atoms with E-state index in [1.54, 1.807) is 11.1 Å². The molecule has 3 aromatic rings. The number of aromatic nitrogens is 1. The summed E-state index contributed by atoms with van der Waals surface area (Å²) in [5.41, 5.74) is 2.51. The van der Waals surface area contributed by atoms with Crippen LogP contribution in [0.15, 0.2) is 83.5 Å². The molecule has 1 aliphatic rings. The monoisotopic (exact) mass is 449 g/mol. The van der Waals surface area contributed by atoms with Crippen molar-refractivity contribution in [2.45, 2.75) is 12.5 Å². The van der Waals surface area contributed by atoms with E-state index in [4.69, 9.17) is 0 Å². The third-order valence-corrected chi connectivity index (χ3v) is 5.51. The molecule has 2 atom stereocenters. The summed E-state index contributed by atoms with van der Waals surface area (Å²) in [6, 6.07) is 22.6. The van der Waals surface area contributed by atoms with Crippen molar-refractivity contribution in [3.63, 3.8) is 0 Å².